The first-order valence-electron chi connectivity index (χ1n) is 7.72. The standard InChI is InChI=1S/C16H19N5S/c1-12-19-15(6-14-7-17-10-21(12)14)16-4-2-3-5-20(16)8-13-9-22-11-18-13/h6-7,9-11,16H,2-5,8H2,1H3. The van der Waals surface area contributed by atoms with E-state index in [-0.39, 0.29) is 0 Å². The third kappa shape index (κ3) is 2.53. The fraction of sp³-hybridized carbons (Fsp3) is 0.438. The second kappa shape index (κ2) is 5.78. The van der Waals surface area contributed by atoms with Crippen molar-refractivity contribution in [3.8, 4) is 0 Å². The molecule has 5 nitrogen and oxygen atoms in total. The van der Waals surface area contributed by atoms with Gasteiger partial charge in [0.2, 0.25) is 0 Å². The highest BCUT2D eigenvalue weighted by Gasteiger charge is 2.26. The Kier molecular flexibility index (Phi) is 3.63. The molecule has 0 bridgehead atoms. The normalized spacial score (nSPS) is 19.8. The SMILES string of the molecule is Cc1nc(C2CCCCN2Cc2cscn2)cc2cncn12. The maximum absolute atomic E-state index is 4.84. The molecule has 0 N–H and O–H groups in total. The molecule has 1 saturated heterocycles. The first-order valence-corrected chi connectivity index (χ1v) is 8.66. The number of nitrogens with zero attached hydrogens (tertiary/aromatic N) is 5. The number of rotatable bonds is 3. The Morgan fingerprint density at radius 3 is 3.18 bits per heavy atom. The summed E-state index contributed by atoms with van der Waals surface area (Å²) < 4.78 is 2.04. The van der Waals surface area contributed by atoms with Crippen LogP contribution in [0.4, 0.5) is 0 Å². The van der Waals surface area contributed by atoms with Gasteiger partial charge in [-0.25, -0.2) is 15.0 Å². The summed E-state index contributed by atoms with van der Waals surface area (Å²) in [6.07, 6.45) is 7.43. The van der Waals surface area contributed by atoms with Crippen molar-refractivity contribution >= 4 is 16.9 Å². The van der Waals surface area contributed by atoms with E-state index >= 15 is 0 Å². The Morgan fingerprint density at radius 1 is 1.36 bits per heavy atom. The number of likely N-dealkylation sites (tertiary alicyclic amines) is 1. The summed E-state index contributed by atoms with van der Waals surface area (Å²) in [7, 11) is 0. The Morgan fingerprint density at radius 2 is 2.32 bits per heavy atom. The van der Waals surface area contributed by atoms with Crippen LogP contribution < -0.4 is 0 Å². The summed E-state index contributed by atoms with van der Waals surface area (Å²) in [5.41, 5.74) is 5.37. The lowest BCUT2D eigenvalue weighted by atomic mass is 9.98. The molecule has 1 unspecified atom stereocenters. The molecule has 0 amide bonds. The highest BCUT2D eigenvalue weighted by atomic mass is 32.1. The molecular weight excluding hydrogens is 294 g/mol. The zero-order chi connectivity index (χ0) is 14.9. The molecule has 3 aromatic heterocycles. The molecule has 3 aromatic rings. The molecular formula is C16H19N5S. The number of aryl methyl sites for hydroxylation is 1. The van der Waals surface area contributed by atoms with Crippen LogP contribution in [-0.4, -0.2) is 30.8 Å². The largest absolute Gasteiger partial charge is 0.289 e. The van der Waals surface area contributed by atoms with Crippen LogP contribution in [0.25, 0.3) is 5.52 Å². The number of fused-ring (bicyclic) bond motifs is 1. The van der Waals surface area contributed by atoms with E-state index in [0.717, 1.165) is 24.4 Å². The van der Waals surface area contributed by atoms with Gasteiger partial charge in [-0.05, 0) is 32.4 Å². The van der Waals surface area contributed by atoms with Gasteiger partial charge in [0.25, 0.3) is 0 Å². The average molecular weight is 313 g/mol. The van der Waals surface area contributed by atoms with Crippen molar-refractivity contribution in [2.24, 2.45) is 0 Å². The van der Waals surface area contributed by atoms with Crippen molar-refractivity contribution in [1.82, 2.24) is 24.3 Å². The van der Waals surface area contributed by atoms with Crippen LogP contribution in [-0.2, 0) is 6.54 Å². The monoisotopic (exact) mass is 313 g/mol. The minimum atomic E-state index is 0.383. The van der Waals surface area contributed by atoms with Gasteiger partial charge in [-0.2, -0.15) is 0 Å². The predicted octanol–water partition coefficient (Wildman–Crippen LogP) is 3.22. The van der Waals surface area contributed by atoms with E-state index in [1.165, 1.54) is 30.7 Å². The first-order chi connectivity index (χ1) is 10.8. The second-order valence-corrected chi connectivity index (χ2v) is 6.60. The molecule has 0 radical (unpaired) electrons. The second-order valence-electron chi connectivity index (χ2n) is 5.88. The van der Waals surface area contributed by atoms with E-state index in [9.17, 15) is 0 Å². The van der Waals surface area contributed by atoms with Crippen LogP contribution >= 0.6 is 11.3 Å². The van der Waals surface area contributed by atoms with Crippen LogP contribution in [0.3, 0.4) is 0 Å². The van der Waals surface area contributed by atoms with Crippen LogP contribution in [0.2, 0.25) is 0 Å². The molecule has 4 heterocycles. The van der Waals surface area contributed by atoms with E-state index in [2.05, 4.69) is 26.3 Å². The Labute approximate surface area is 133 Å². The Balaban J connectivity index is 1.67. The van der Waals surface area contributed by atoms with Gasteiger partial charge < -0.3 is 0 Å². The highest BCUT2D eigenvalue weighted by molar-refractivity contribution is 7.07. The molecule has 1 fully saturated rings. The lowest BCUT2D eigenvalue weighted by Gasteiger charge is -2.35. The van der Waals surface area contributed by atoms with Gasteiger partial charge in [-0.15, -0.1) is 11.3 Å². The van der Waals surface area contributed by atoms with E-state index in [0.29, 0.717) is 6.04 Å². The number of hydrogen-bond donors (Lipinski definition) is 0. The third-order valence-electron chi connectivity index (χ3n) is 4.41. The molecule has 1 atom stereocenters. The van der Waals surface area contributed by atoms with Gasteiger partial charge in [0, 0.05) is 11.9 Å². The maximum atomic E-state index is 4.84. The van der Waals surface area contributed by atoms with Gasteiger partial charge in [-0.1, -0.05) is 6.42 Å². The number of piperidine rings is 1. The summed E-state index contributed by atoms with van der Waals surface area (Å²) in [6.45, 7) is 4.08. The smallest absolute Gasteiger partial charge is 0.111 e. The van der Waals surface area contributed by atoms with Gasteiger partial charge in [0.15, 0.2) is 0 Å². The molecule has 22 heavy (non-hydrogen) atoms. The third-order valence-corrected chi connectivity index (χ3v) is 5.04. The molecule has 0 aromatic carbocycles. The zero-order valence-corrected chi connectivity index (χ0v) is 13.5. The van der Waals surface area contributed by atoms with E-state index in [1.807, 2.05) is 29.4 Å². The minimum absolute atomic E-state index is 0.383. The molecule has 4 rings (SSSR count). The minimum Gasteiger partial charge on any atom is -0.289 e. The summed E-state index contributed by atoms with van der Waals surface area (Å²) >= 11 is 1.67. The number of thiazole rings is 1. The summed E-state index contributed by atoms with van der Waals surface area (Å²) in [6, 6.07) is 2.57. The molecule has 1 aliphatic heterocycles. The molecule has 6 heteroatoms. The molecule has 0 saturated carbocycles. The van der Waals surface area contributed by atoms with Crippen LogP contribution in [0.15, 0.2) is 29.5 Å². The fourth-order valence-corrected chi connectivity index (χ4v) is 3.87. The Hall–Kier alpha value is -1.79. The highest BCUT2D eigenvalue weighted by Crippen LogP contribution is 2.31. The van der Waals surface area contributed by atoms with Gasteiger partial charge in [0.1, 0.15) is 12.2 Å². The van der Waals surface area contributed by atoms with Crippen LogP contribution in [0, 0.1) is 6.92 Å². The zero-order valence-electron chi connectivity index (χ0n) is 12.6. The number of imidazole rings is 1. The Bertz CT molecular complexity index is 764. The van der Waals surface area contributed by atoms with Crippen molar-refractivity contribution < 1.29 is 0 Å². The van der Waals surface area contributed by atoms with Gasteiger partial charge in [0.05, 0.1) is 34.7 Å². The van der Waals surface area contributed by atoms with Gasteiger partial charge >= 0.3 is 0 Å². The molecule has 114 valence electrons. The van der Waals surface area contributed by atoms with Crippen molar-refractivity contribution in [2.45, 2.75) is 38.8 Å². The lowest BCUT2D eigenvalue weighted by molar-refractivity contribution is 0.135. The van der Waals surface area contributed by atoms with Crippen molar-refractivity contribution in [2.75, 3.05) is 6.54 Å². The summed E-state index contributed by atoms with van der Waals surface area (Å²) in [4.78, 5) is 16.0. The fourth-order valence-electron chi connectivity index (χ4n) is 3.32. The molecule has 0 spiro atoms. The average Bonchev–Trinajstić information content (AvgIpc) is 3.19. The van der Waals surface area contributed by atoms with Crippen LogP contribution in [0.5, 0.6) is 0 Å². The lowest BCUT2D eigenvalue weighted by Crippen LogP contribution is -2.33. The van der Waals surface area contributed by atoms with Gasteiger partial charge in [-0.3, -0.25) is 9.30 Å². The number of hydrogen-bond acceptors (Lipinski definition) is 5. The van der Waals surface area contributed by atoms with Crippen molar-refractivity contribution in [3.05, 3.63) is 46.7 Å². The van der Waals surface area contributed by atoms with Crippen LogP contribution in [0.1, 0.15) is 42.5 Å². The topological polar surface area (TPSA) is 46.3 Å². The molecule has 1 aliphatic rings. The maximum Gasteiger partial charge on any atom is 0.111 e. The van der Waals surface area contributed by atoms with E-state index in [4.69, 9.17) is 4.98 Å². The van der Waals surface area contributed by atoms with Crippen molar-refractivity contribution in [3.63, 3.8) is 0 Å². The quantitative estimate of drug-likeness (QED) is 0.745. The van der Waals surface area contributed by atoms with E-state index < -0.39 is 0 Å². The summed E-state index contributed by atoms with van der Waals surface area (Å²) in [5, 5.41) is 2.14. The number of aromatic nitrogens is 4. The first kappa shape index (κ1) is 13.8. The van der Waals surface area contributed by atoms with Crippen molar-refractivity contribution in [1.29, 1.82) is 0 Å². The van der Waals surface area contributed by atoms with E-state index in [1.54, 1.807) is 11.3 Å². The molecule has 0 aliphatic carbocycles. The summed E-state index contributed by atoms with van der Waals surface area (Å²) in [5.74, 6) is 1.00. The predicted molar refractivity (Wildman–Crippen MR) is 86.8 cm³/mol.